The molecule has 0 aliphatic heterocycles. The lowest BCUT2D eigenvalue weighted by Gasteiger charge is -2.07. The minimum absolute atomic E-state index is 0.0540. The number of nitrogens with zero attached hydrogens (tertiary/aromatic N) is 5. The van der Waals surface area contributed by atoms with E-state index in [4.69, 9.17) is 5.73 Å². The van der Waals surface area contributed by atoms with Gasteiger partial charge in [-0.05, 0) is 44.4 Å². The normalized spacial score (nSPS) is 11.4. The molecule has 2 heterocycles. The van der Waals surface area contributed by atoms with Gasteiger partial charge < -0.3 is 20.5 Å². The predicted molar refractivity (Wildman–Crippen MR) is 111 cm³/mol. The summed E-state index contributed by atoms with van der Waals surface area (Å²) in [7, 11) is 0. The van der Waals surface area contributed by atoms with Gasteiger partial charge in [0.1, 0.15) is 18.0 Å². The maximum atomic E-state index is 12.5. The Labute approximate surface area is 176 Å². The van der Waals surface area contributed by atoms with Crippen molar-refractivity contribution in [1.29, 1.82) is 0 Å². The van der Waals surface area contributed by atoms with E-state index in [2.05, 4.69) is 46.4 Å². The molecule has 12 heteroatoms. The molecular weight excluding hydrogens is 458 g/mol. The van der Waals surface area contributed by atoms with Crippen molar-refractivity contribution < 1.29 is 19.6 Å². The molecule has 0 unspecified atom stereocenters. The molecule has 1 amide bonds. The van der Waals surface area contributed by atoms with Crippen LogP contribution in [0.15, 0.2) is 50.6 Å². The number of hydrogen-bond acceptors (Lipinski definition) is 9. The van der Waals surface area contributed by atoms with Crippen LogP contribution in [0.1, 0.15) is 5.56 Å². The number of nitrogens with one attached hydrogen (secondary N) is 1. The van der Waals surface area contributed by atoms with Crippen molar-refractivity contribution in [2.24, 2.45) is 5.10 Å². The SMILES string of the molecule is Nc1nonc1-c1nc2ccccc2n1CC(=O)N/N=C\c1cc(Br)c(O)cc1O. The highest BCUT2D eigenvalue weighted by Gasteiger charge is 2.20. The van der Waals surface area contributed by atoms with Crippen LogP contribution < -0.4 is 11.2 Å². The van der Waals surface area contributed by atoms with Crippen molar-refractivity contribution in [1.82, 2.24) is 25.3 Å². The van der Waals surface area contributed by atoms with Crippen molar-refractivity contribution in [3.8, 4) is 23.0 Å². The molecule has 0 fully saturated rings. The van der Waals surface area contributed by atoms with Crippen LogP contribution >= 0.6 is 15.9 Å². The standard InChI is InChI=1S/C18H14BrN7O4/c19-10-5-9(13(27)6-14(10)28)7-21-23-15(29)8-26-12-4-2-1-3-11(12)22-18(26)16-17(20)25-30-24-16/h1-7,27-28H,8H2,(H2,20,25)(H,23,29)/b21-7-. The van der Waals surface area contributed by atoms with Crippen molar-refractivity contribution in [3.63, 3.8) is 0 Å². The summed E-state index contributed by atoms with van der Waals surface area (Å²) in [5.74, 6) is -0.379. The quantitative estimate of drug-likeness (QED) is 0.253. The molecule has 0 bridgehead atoms. The molecular formula is C18H14BrN7O4. The molecule has 4 aromatic rings. The number of para-hydroxylation sites is 2. The average Bonchev–Trinajstić information content (AvgIpc) is 3.29. The fraction of sp³-hybridized carbons (Fsp3) is 0.0556. The van der Waals surface area contributed by atoms with Crippen LogP contribution in [-0.2, 0) is 11.3 Å². The van der Waals surface area contributed by atoms with Gasteiger partial charge >= 0.3 is 0 Å². The number of amides is 1. The number of hydrazone groups is 1. The Morgan fingerprint density at radius 1 is 1.27 bits per heavy atom. The summed E-state index contributed by atoms with van der Waals surface area (Å²) in [6.45, 7) is -0.134. The topological polar surface area (TPSA) is 165 Å². The second kappa shape index (κ2) is 7.83. The molecule has 5 N–H and O–H groups in total. The lowest BCUT2D eigenvalue weighted by Crippen LogP contribution is -2.23. The molecule has 0 saturated heterocycles. The number of anilines is 1. The maximum absolute atomic E-state index is 12.5. The molecule has 0 aliphatic carbocycles. The molecule has 4 rings (SSSR count). The smallest absolute Gasteiger partial charge is 0.260 e. The van der Waals surface area contributed by atoms with Crippen molar-refractivity contribution in [2.75, 3.05) is 5.73 Å². The van der Waals surface area contributed by atoms with E-state index in [0.29, 0.717) is 26.9 Å². The van der Waals surface area contributed by atoms with Crippen molar-refractivity contribution in [2.45, 2.75) is 6.54 Å². The fourth-order valence-corrected chi connectivity index (χ4v) is 3.15. The summed E-state index contributed by atoms with van der Waals surface area (Å²) in [4.78, 5) is 16.9. The molecule has 0 spiro atoms. The van der Waals surface area contributed by atoms with Gasteiger partial charge in [-0.3, -0.25) is 4.79 Å². The number of aromatic nitrogens is 4. The van der Waals surface area contributed by atoms with Crippen LogP contribution in [0.4, 0.5) is 5.82 Å². The number of hydrogen-bond donors (Lipinski definition) is 4. The van der Waals surface area contributed by atoms with E-state index in [1.54, 1.807) is 16.7 Å². The van der Waals surface area contributed by atoms with Crippen molar-refractivity contribution >= 4 is 44.9 Å². The number of phenolic OH excluding ortho intramolecular Hbond substituents is 2. The van der Waals surface area contributed by atoms with E-state index in [1.807, 2.05) is 12.1 Å². The van der Waals surface area contributed by atoms with E-state index in [1.165, 1.54) is 12.3 Å². The maximum Gasteiger partial charge on any atom is 0.260 e. The minimum Gasteiger partial charge on any atom is -0.507 e. The third-order valence-electron chi connectivity index (χ3n) is 4.17. The average molecular weight is 472 g/mol. The Balaban J connectivity index is 1.58. The van der Waals surface area contributed by atoms with Gasteiger partial charge in [0, 0.05) is 11.6 Å². The third kappa shape index (κ3) is 3.67. The van der Waals surface area contributed by atoms with Gasteiger partial charge in [0.15, 0.2) is 17.3 Å². The predicted octanol–water partition coefficient (Wildman–Crippen LogP) is 1.99. The van der Waals surface area contributed by atoms with Gasteiger partial charge in [-0.15, -0.1) is 0 Å². The number of nitrogens with two attached hydrogens (primary N) is 1. The molecule has 0 aliphatic rings. The van der Waals surface area contributed by atoms with Gasteiger partial charge in [0.2, 0.25) is 0 Å². The van der Waals surface area contributed by atoms with Crippen LogP contribution in [0.3, 0.4) is 0 Å². The van der Waals surface area contributed by atoms with Gasteiger partial charge in [-0.25, -0.2) is 15.0 Å². The number of imidazole rings is 1. The Morgan fingerprint density at radius 3 is 2.83 bits per heavy atom. The number of aromatic hydroxyl groups is 2. The Kier molecular flexibility index (Phi) is 5.06. The van der Waals surface area contributed by atoms with E-state index >= 15 is 0 Å². The molecule has 152 valence electrons. The first-order valence-electron chi connectivity index (χ1n) is 8.51. The highest BCUT2D eigenvalue weighted by Crippen LogP contribution is 2.30. The van der Waals surface area contributed by atoms with E-state index in [0.717, 1.165) is 6.07 Å². The van der Waals surface area contributed by atoms with E-state index in [-0.39, 0.29) is 29.6 Å². The lowest BCUT2D eigenvalue weighted by molar-refractivity contribution is -0.121. The zero-order chi connectivity index (χ0) is 21.3. The van der Waals surface area contributed by atoms with Gasteiger partial charge in [0.25, 0.3) is 5.91 Å². The second-order valence-electron chi connectivity index (χ2n) is 6.16. The number of halogens is 1. The lowest BCUT2D eigenvalue weighted by atomic mass is 10.2. The van der Waals surface area contributed by atoms with Gasteiger partial charge in [-0.1, -0.05) is 12.1 Å². The van der Waals surface area contributed by atoms with E-state index in [9.17, 15) is 15.0 Å². The van der Waals surface area contributed by atoms with Crippen LogP contribution in [0.2, 0.25) is 0 Å². The van der Waals surface area contributed by atoms with Gasteiger partial charge in [0.05, 0.1) is 21.7 Å². The number of carbonyl (C=O) groups is 1. The molecule has 0 radical (unpaired) electrons. The Hall–Kier alpha value is -3.93. The number of phenols is 2. The number of nitrogen functional groups attached to an aromatic ring is 1. The second-order valence-corrected chi connectivity index (χ2v) is 7.02. The molecule has 11 nitrogen and oxygen atoms in total. The van der Waals surface area contributed by atoms with Crippen LogP contribution in [0.25, 0.3) is 22.6 Å². The van der Waals surface area contributed by atoms with Crippen LogP contribution in [0, 0.1) is 0 Å². The summed E-state index contributed by atoms with van der Waals surface area (Å²) in [5.41, 5.74) is 10.0. The molecule has 2 aromatic heterocycles. The highest BCUT2D eigenvalue weighted by molar-refractivity contribution is 9.10. The first-order valence-corrected chi connectivity index (χ1v) is 9.30. The molecule has 30 heavy (non-hydrogen) atoms. The van der Waals surface area contributed by atoms with Crippen molar-refractivity contribution in [3.05, 3.63) is 46.4 Å². The fourth-order valence-electron chi connectivity index (χ4n) is 2.79. The first-order chi connectivity index (χ1) is 14.4. The number of fused-ring (bicyclic) bond motifs is 1. The van der Waals surface area contributed by atoms with Crippen LogP contribution in [-0.4, -0.2) is 42.2 Å². The monoisotopic (exact) mass is 471 g/mol. The zero-order valence-corrected chi connectivity index (χ0v) is 16.7. The summed E-state index contributed by atoms with van der Waals surface area (Å²) >= 11 is 3.15. The Bertz CT molecular complexity index is 1280. The summed E-state index contributed by atoms with van der Waals surface area (Å²) < 4.78 is 6.64. The van der Waals surface area contributed by atoms with Crippen LogP contribution in [0.5, 0.6) is 11.5 Å². The number of rotatable bonds is 5. The molecule has 2 aromatic carbocycles. The first kappa shape index (κ1) is 19.4. The summed E-state index contributed by atoms with van der Waals surface area (Å²) in [6, 6.07) is 9.85. The summed E-state index contributed by atoms with van der Waals surface area (Å²) in [6.07, 6.45) is 1.25. The minimum atomic E-state index is -0.456. The zero-order valence-electron chi connectivity index (χ0n) is 15.2. The Morgan fingerprint density at radius 2 is 2.07 bits per heavy atom. The number of carbonyl (C=O) groups excluding carboxylic acids is 1. The molecule has 0 saturated carbocycles. The van der Waals surface area contributed by atoms with Gasteiger partial charge in [-0.2, -0.15) is 5.10 Å². The summed E-state index contributed by atoms with van der Waals surface area (Å²) in [5, 5.41) is 30.6. The largest absolute Gasteiger partial charge is 0.507 e. The van der Waals surface area contributed by atoms with E-state index < -0.39 is 5.91 Å². The number of benzene rings is 2. The highest BCUT2D eigenvalue weighted by atomic mass is 79.9. The third-order valence-corrected chi connectivity index (χ3v) is 4.81. The molecule has 0 atom stereocenters.